The van der Waals surface area contributed by atoms with Gasteiger partial charge in [-0.3, -0.25) is 4.79 Å². The smallest absolute Gasteiger partial charge is 0.258 e. The van der Waals surface area contributed by atoms with E-state index >= 15 is 0 Å². The Labute approximate surface area is 112 Å². The molecule has 1 aliphatic rings. The zero-order valence-electron chi connectivity index (χ0n) is 11.3. The second kappa shape index (κ2) is 5.99. The van der Waals surface area contributed by atoms with Crippen molar-refractivity contribution in [3.05, 3.63) is 23.9 Å². The molecule has 0 spiro atoms. The number of carbonyl (C=O) groups excluding carboxylic acids is 1. The van der Waals surface area contributed by atoms with Gasteiger partial charge in [-0.2, -0.15) is 0 Å². The molecule has 104 valence electrons. The van der Waals surface area contributed by atoms with E-state index in [0.29, 0.717) is 24.5 Å². The summed E-state index contributed by atoms with van der Waals surface area (Å²) in [6, 6.07) is 3.57. The maximum Gasteiger partial charge on any atom is 0.258 e. The molecule has 0 aromatic carbocycles. The summed E-state index contributed by atoms with van der Waals surface area (Å²) in [5.41, 5.74) is 2.97. The lowest BCUT2D eigenvalue weighted by molar-refractivity contribution is -0.0443. The minimum atomic E-state index is -0.0527. The first-order chi connectivity index (χ1) is 9.17. The number of anilines is 1. The van der Waals surface area contributed by atoms with Crippen molar-refractivity contribution in [2.24, 2.45) is 5.84 Å². The molecule has 1 aromatic heterocycles. The molecule has 2 unspecified atom stereocenters. The van der Waals surface area contributed by atoms with Crippen molar-refractivity contribution in [1.29, 1.82) is 0 Å². The quantitative estimate of drug-likeness (QED) is 0.629. The number of amides is 1. The number of ether oxygens (including phenoxy) is 1. The molecule has 6 nitrogen and oxygen atoms in total. The van der Waals surface area contributed by atoms with E-state index < -0.39 is 0 Å². The van der Waals surface area contributed by atoms with Crippen LogP contribution in [0.15, 0.2) is 18.3 Å². The number of nitrogens with zero attached hydrogens (tertiary/aromatic N) is 2. The second-order valence-corrected chi connectivity index (χ2v) is 4.71. The maximum absolute atomic E-state index is 12.6. The van der Waals surface area contributed by atoms with Crippen molar-refractivity contribution >= 4 is 11.7 Å². The molecule has 6 heteroatoms. The van der Waals surface area contributed by atoms with E-state index in [1.165, 1.54) is 0 Å². The summed E-state index contributed by atoms with van der Waals surface area (Å²) in [6.45, 7) is 5.19. The first kappa shape index (κ1) is 13.8. The molecule has 1 aliphatic heterocycles. The number of nitrogen functional groups attached to an aromatic ring is 1. The molecular formula is C13H20N4O2. The van der Waals surface area contributed by atoms with Crippen LogP contribution in [0.3, 0.4) is 0 Å². The molecule has 19 heavy (non-hydrogen) atoms. The summed E-state index contributed by atoms with van der Waals surface area (Å²) in [5.74, 6) is 5.76. The van der Waals surface area contributed by atoms with Crippen LogP contribution in [0, 0.1) is 0 Å². The van der Waals surface area contributed by atoms with Crippen LogP contribution in [0.25, 0.3) is 0 Å². The Hall–Kier alpha value is -1.66. The van der Waals surface area contributed by atoms with Crippen LogP contribution in [0.2, 0.25) is 0 Å². The summed E-state index contributed by atoms with van der Waals surface area (Å²) in [6.07, 6.45) is 2.52. The fourth-order valence-electron chi connectivity index (χ4n) is 2.28. The number of aromatic nitrogens is 1. The number of nitrogens with two attached hydrogens (primary N) is 1. The van der Waals surface area contributed by atoms with Crippen LogP contribution in [-0.2, 0) is 4.74 Å². The fraction of sp³-hybridized carbons (Fsp3) is 0.538. The van der Waals surface area contributed by atoms with Crippen molar-refractivity contribution < 1.29 is 9.53 Å². The summed E-state index contributed by atoms with van der Waals surface area (Å²) in [5, 5.41) is 0. The Bertz CT molecular complexity index is 452. The number of carbonyl (C=O) groups is 1. The lowest BCUT2D eigenvalue weighted by Gasteiger charge is -2.38. The van der Waals surface area contributed by atoms with Crippen molar-refractivity contribution in [2.45, 2.75) is 32.4 Å². The van der Waals surface area contributed by atoms with Gasteiger partial charge in [0.15, 0.2) is 5.82 Å². The molecule has 3 N–H and O–H groups in total. The number of hydrogen-bond donors (Lipinski definition) is 2. The summed E-state index contributed by atoms with van der Waals surface area (Å²) in [7, 11) is 0. The number of hydrogen-bond acceptors (Lipinski definition) is 5. The Balaban J connectivity index is 2.26. The van der Waals surface area contributed by atoms with Gasteiger partial charge >= 0.3 is 0 Å². The summed E-state index contributed by atoms with van der Waals surface area (Å²) < 4.78 is 5.60. The molecule has 0 radical (unpaired) electrons. The standard InChI is InChI=1S/C13H20N4O2/c1-3-10-8-19-9(2)7-17(10)13(18)11-5-4-6-15-12(11)16-14/h4-6,9-10H,3,7-8,14H2,1-2H3,(H,15,16). The lowest BCUT2D eigenvalue weighted by atomic mass is 10.1. The molecule has 1 saturated heterocycles. The van der Waals surface area contributed by atoms with E-state index in [9.17, 15) is 4.79 Å². The fourth-order valence-corrected chi connectivity index (χ4v) is 2.28. The highest BCUT2D eigenvalue weighted by Gasteiger charge is 2.31. The third-order valence-electron chi connectivity index (χ3n) is 3.37. The van der Waals surface area contributed by atoms with Crippen LogP contribution >= 0.6 is 0 Å². The number of pyridine rings is 1. The monoisotopic (exact) mass is 264 g/mol. The molecule has 0 aliphatic carbocycles. The molecule has 2 heterocycles. The highest BCUT2D eigenvalue weighted by molar-refractivity contribution is 5.98. The van der Waals surface area contributed by atoms with E-state index in [1.54, 1.807) is 18.3 Å². The molecule has 2 rings (SSSR count). The van der Waals surface area contributed by atoms with E-state index in [0.717, 1.165) is 6.42 Å². The van der Waals surface area contributed by atoms with Gasteiger partial charge in [-0.15, -0.1) is 0 Å². The van der Waals surface area contributed by atoms with Gasteiger partial charge in [-0.1, -0.05) is 6.92 Å². The van der Waals surface area contributed by atoms with Gasteiger partial charge in [0.05, 0.1) is 24.3 Å². The number of hydrazine groups is 1. The van der Waals surface area contributed by atoms with Gasteiger partial charge in [0, 0.05) is 12.7 Å². The van der Waals surface area contributed by atoms with Crippen LogP contribution in [0.4, 0.5) is 5.82 Å². The lowest BCUT2D eigenvalue weighted by Crippen LogP contribution is -2.51. The molecule has 2 atom stereocenters. The van der Waals surface area contributed by atoms with Crippen LogP contribution in [0.5, 0.6) is 0 Å². The molecule has 1 fully saturated rings. The Kier molecular flexibility index (Phi) is 4.34. The Morgan fingerprint density at radius 2 is 2.47 bits per heavy atom. The normalized spacial score (nSPS) is 23.2. The van der Waals surface area contributed by atoms with E-state index in [-0.39, 0.29) is 18.1 Å². The average molecular weight is 264 g/mol. The second-order valence-electron chi connectivity index (χ2n) is 4.71. The minimum Gasteiger partial charge on any atom is -0.375 e. The number of morpholine rings is 1. The molecule has 1 aromatic rings. The third-order valence-corrected chi connectivity index (χ3v) is 3.37. The first-order valence-electron chi connectivity index (χ1n) is 6.51. The average Bonchev–Trinajstić information content (AvgIpc) is 2.46. The Morgan fingerprint density at radius 3 is 3.16 bits per heavy atom. The van der Waals surface area contributed by atoms with Crippen molar-refractivity contribution in [1.82, 2.24) is 9.88 Å². The molecule has 0 bridgehead atoms. The molecular weight excluding hydrogens is 244 g/mol. The van der Waals surface area contributed by atoms with Gasteiger partial charge in [0.2, 0.25) is 0 Å². The van der Waals surface area contributed by atoms with Crippen molar-refractivity contribution in [3.63, 3.8) is 0 Å². The van der Waals surface area contributed by atoms with E-state index in [2.05, 4.69) is 17.3 Å². The third kappa shape index (κ3) is 2.85. The van der Waals surface area contributed by atoms with Gasteiger partial charge in [-0.25, -0.2) is 10.8 Å². The van der Waals surface area contributed by atoms with Gasteiger partial charge in [0.25, 0.3) is 5.91 Å². The van der Waals surface area contributed by atoms with Crippen LogP contribution in [0.1, 0.15) is 30.6 Å². The minimum absolute atomic E-state index is 0.0527. The topological polar surface area (TPSA) is 80.5 Å². The zero-order valence-corrected chi connectivity index (χ0v) is 11.3. The van der Waals surface area contributed by atoms with Crippen molar-refractivity contribution in [3.8, 4) is 0 Å². The molecule has 1 amide bonds. The molecule has 0 saturated carbocycles. The van der Waals surface area contributed by atoms with E-state index in [1.807, 2.05) is 11.8 Å². The SMILES string of the molecule is CCC1COC(C)CN1C(=O)c1cccnc1NN. The zero-order chi connectivity index (χ0) is 13.8. The van der Waals surface area contributed by atoms with Gasteiger partial charge in [-0.05, 0) is 25.5 Å². The highest BCUT2D eigenvalue weighted by atomic mass is 16.5. The van der Waals surface area contributed by atoms with Gasteiger partial charge < -0.3 is 15.1 Å². The predicted octanol–water partition coefficient (Wildman–Crippen LogP) is 1.01. The summed E-state index contributed by atoms with van der Waals surface area (Å²) in [4.78, 5) is 18.6. The number of nitrogens with one attached hydrogen (secondary N) is 1. The van der Waals surface area contributed by atoms with Crippen molar-refractivity contribution in [2.75, 3.05) is 18.6 Å². The first-order valence-corrected chi connectivity index (χ1v) is 6.51. The van der Waals surface area contributed by atoms with Gasteiger partial charge in [0.1, 0.15) is 0 Å². The predicted molar refractivity (Wildman–Crippen MR) is 72.6 cm³/mol. The largest absolute Gasteiger partial charge is 0.375 e. The van der Waals surface area contributed by atoms with E-state index in [4.69, 9.17) is 10.6 Å². The Morgan fingerprint density at radius 1 is 1.68 bits per heavy atom. The maximum atomic E-state index is 12.6. The summed E-state index contributed by atoms with van der Waals surface area (Å²) >= 11 is 0. The highest BCUT2D eigenvalue weighted by Crippen LogP contribution is 2.20. The number of rotatable bonds is 3. The van der Waals surface area contributed by atoms with Crippen LogP contribution in [-0.4, -0.2) is 41.1 Å². The van der Waals surface area contributed by atoms with Crippen LogP contribution < -0.4 is 11.3 Å².